The van der Waals surface area contributed by atoms with Crippen LogP contribution in [0.15, 0.2) is 41.5 Å². The summed E-state index contributed by atoms with van der Waals surface area (Å²) < 4.78 is 1.27. The third-order valence-electron chi connectivity index (χ3n) is 4.80. The largest absolute Gasteiger partial charge is 0.334 e. The molecule has 2 N–H and O–H groups in total. The van der Waals surface area contributed by atoms with Crippen LogP contribution in [0.25, 0.3) is 10.2 Å². The van der Waals surface area contributed by atoms with Gasteiger partial charge in [0.2, 0.25) is 5.91 Å². The van der Waals surface area contributed by atoms with E-state index in [4.69, 9.17) is 0 Å². The van der Waals surface area contributed by atoms with Crippen molar-refractivity contribution in [3.63, 3.8) is 0 Å². The molecule has 0 aliphatic heterocycles. The first-order chi connectivity index (χ1) is 13.6. The topological polar surface area (TPSA) is 93.1 Å². The van der Waals surface area contributed by atoms with Crippen LogP contribution in [-0.4, -0.2) is 21.5 Å². The van der Waals surface area contributed by atoms with Crippen molar-refractivity contribution in [2.45, 2.75) is 38.8 Å². The number of fused-ring (bicyclic) bond motifs is 3. The van der Waals surface area contributed by atoms with E-state index in [1.165, 1.54) is 15.8 Å². The van der Waals surface area contributed by atoms with Crippen LogP contribution in [-0.2, 0) is 30.7 Å². The molecule has 0 spiro atoms. The fourth-order valence-electron chi connectivity index (χ4n) is 3.44. The molecule has 4 rings (SSSR count). The van der Waals surface area contributed by atoms with Crippen molar-refractivity contribution in [3.05, 3.63) is 63.0 Å². The molecule has 1 aliphatic carbocycles. The summed E-state index contributed by atoms with van der Waals surface area (Å²) in [7, 11) is 0. The first-order valence-electron chi connectivity index (χ1n) is 9.23. The van der Waals surface area contributed by atoms with Gasteiger partial charge in [-0.2, -0.15) is 0 Å². The molecule has 0 saturated carbocycles. The van der Waals surface area contributed by atoms with Crippen molar-refractivity contribution in [1.82, 2.24) is 20.2 Å². The van der Waals surface area contributed by atoms with Gasteiger partial charge < -0.3 is 5.32 Å². The van der Waals surface area contributed by atoms with Crippen LogP contribution in [0.4, 0.5) is 4.79 Å². The van der Waals surface area contributed by atoms with E-state index >= 15 is 0 Å². The zero-order valence-corrected chi connectivity index (χ0v) is 16.1. The lowest BCUT2D eigenvalue weighted by atomic mass is 9.97. The molecule has 0 fully saturated rings. The Bertz CT molecular complexity index is 1090. The molecule has 3 aromatic rings. The number of hydrogen-bond donors (Lipinski definition) is 2. The Kier molecular flexibility index (Phi) is 5.21. The number of hydrogen-bond acceptors (Lipinski definition) is 5. The lowest BCUT2D eigenvalue weighted by Gasteiger charge is -2.10. The number of amides is 3. The zero-order valence-electron chi connectivity index (χ0n) is 15.2. The minimum atomic E-state index is -0.594. The Morgan fingerprint density at radius 3 is 2.75 bits per heavy atom. The van der Waals surface area contributed by atoms with E-state index in [1.54, 1.807) is 11.3 Å². The van der Waals surface area contributed by atoms with Gasteiger partial charge in [0, 0.05) is 11.4 Å². The molecule has 8 heteroatoms. The van der Waals surface area contributed by atoms with Gasteiger partial charge in [0.15, 0.2) is 0 Å². The first-order valence-corrected chi connectivity index (χ1v) is 10.0. The summed E-state index contributed by atoms with van der Waals surface area (Å²) in [5.41, 5.74) is 1.79. The summed E-state index contributed by atoms with van der Waals surface area (Å²) >= 11 is 1.57. The maximum atomic E-state index is 12.8. The molecular formula is C20H20N4O3S. The van der Waals surface area contributed by atoms with Crippen LogP contribution in [0.5, 0.6) is 0 Å². The van der Waals surface area contributed by atoms with Gasteiger partial charge >= 0.3 is 6.03 Å². The molecule has 2 aromatic heterocycles. The molecule has 28 heavy (non-hydrogen) atoms. The number of aryl methyl sites for hydroxylation is 2. The molecule has 7 nitrogen and oxygen atoms in total. The number of thiophene rings is 1. The number of rotatable bonds is 4. The maximum absolute atomic E-state index is 12.8. The Balaban J connectivity index is 1.43. The summed E-state index contributed by atoms with van der Waals surface area (Å²) in [5, 5.41) is 5.51. The summed E-state index contributed by atoms with van der Waals surface area (Å²) in [6.07, 6.45) is 5.44. The molecule has 1 aliphatic rings. The Morgan fingerprint density at radius 2 is 1.93 bits per heavy atom. The number of benzene rings is 1. The standard InChI is InChI=1S/C20H20N4O3S/c25-16(23-20(27)21-10-13-6-2-1-3-7-13)11-24-12-22-18-17(19(24)26)14-8-4-5-9-15(14)28-18/h1-3,6-7,12H,4-5,8-11H2,(H2,21,23,25,27). The van der Waals surface area contributed by atoms with E-state index in [0.29, 0.717) is 11.9 Å². The van der Waals surface area contributed by atoms with Gasteiger partial charge in [-0.25, -0.2) is 9.78 Å². The summed E-state index contributed by atoms with van der Waals surface area (Å²) in [4.78, 5) is 43.3. The van der Waals surface area contributed by atoms with Crippen molar-refractivity contribution < 1.29 is 9.59 Å². The predicted molar refractivity (Wildman–Crippen MR) is 107 cm³/mol. The SMILES string of the molecule is O=C(Cn1cnc2sc3c(c2c1=O)CCCC3)NC(=O)NCc1ccccc1. The summed E-state index contributed by atoms with van der Waals surface area (Å²) in [6.45, 7) is 0.0691. The van der Waals surface area contributed by atoms with Crippen molar-refractivity contribution in [3.8, 4) is 0 Å². The van der Waals surface area contributed by atoms with E-state index < -0.39 is 11.9 Å². The normalized spacial score (nSPS) is 13.1. The maximum Gasteiger partial charge on any atom is 0.321 e. The third-order valence-corrected chi connectivity index (χ3v) is 6.00. The second-order valence-electron chi connectivity index (χ2n) is 6.79. The molecule has 0 radical (unpaired) electrons. The second kappa shape index (κ2) is 7.93. The lowest BCUT2D eigenvalue weighted by molar-refractivity contribution is -0.120. The predicted octanol–water partition coefficient (Wildman–Crippen LogP) is 2.36. The quantitative estimate of drug-likeness (QED) is 0.708. The van der Waals surface area contributed by atoms with Gasteiger partial charge in [0.25, 0.3) is 5.56 Å². The number of nitrogens with one attached hydrogen (secondary N) is 2. The summed E-state index contributed by atoms with van der Waals surface area (Å²) in [5.74, 6) is -0.557. The molecule has 2 heterocycles. The van der Waals surface area contributed by atoms with Gasteiger partial charge in [0.05, 0.1) is 11.7 Å². The number of aromatic nitrogens is 2. The average molecular weight is 396 g/mol. The van der Waals surface area contributed by atoms with Crippen molar-refractivity contribution >= 4 is 33.5 Å². The van der Waals surface area contributed by atoms with Crippen LogP contribution in [0, 0.1) is 0 Å². The van der Waals surface area contributed by atoms with Gasteiger partial charge in [-0.1, -0.05) is 30.3 Å². The molecule has 144 valence electrons. The van der Waals surface area contributed by atoms with E-state index in [-0.39, 0.29) is 12.1 Å². The monoisotopic (exact) mass is 396 g/mol. The van der Waals surface area contributed by atoms with Crippen LogP contribution in [0.3, 0.4) is 0 Å². The van der Waals surface area contributed by atoms with Gasteiger partial charge in [-0.3, -0.25) is 19.5 Å². The van der Waals surface area contributed by atoms with Crippen LogP contribution >= 0.6 is 11.3 Å². The van der Waals surface area contributed by atoms with Gasteiger partial charge in [-0.05, 0) is 36.8 Å². The average Bonchev–Trinajstić information content (AvgIpc) is 3.08. The highest BCUT2D eigenvalue weighted by atomic mass is 32.1. The first kappa shape index (κ1) is 18.4. The Hall–Kier alpha value is -3.00. The molecule has 1 aromatic carbocycles. The van der Waals surface area contributed by atoms with Crippen LogP contribution in [0.1, 0.15) is 28.8 Å². The molecular weight excluding hydrogens is 376 g/mol. The van der Waals surface area contributed by atoms with Crippen molar-refractivity contribution in [1.29, 1.82) is 0 Å². The lowest BCUT2D eigenvalue weighted by Crippen LogP contribution is -2.41. The number of imide groups is 1. The minimum absolute atomic E-state index is 0.218. The van der Waals surface area contributed by atoms with Crippen LogP contribution in [0.2, 0.25) is 0 Å². The third kappa shape index (κ3) is 3.82. The smallest absolute Gasteiger partial charge is 0.321 e. The van der Waals surface area contributed by atoms with Crippen molar-refractivity contribution in [2.24, 2.45) is 0 Å². The highest BCUT2D eigenvalue weighted by molar-refractivity contribution is 7.18. The molecule has 0 unspecified atom stereocenters. The second-order valence-corrected chi connectivity index (χ2v) is 7.87. The van der Waals surface area contributed by atoms with Gasteiger partial charge in [0.1, 0.15) is 11.4 Å². The minimum Gasteiger partial charge on any atom is -0.334 e. The molecule has 0 bridgehead atoms. The number of nitrogens with zero attached hydrogens (tertiary/aromatic N) is 2. The highest BCUT2D eigenvalue weighted by Crippen LogP contribution is 2.33. The fourth-order valence-corrected chi connectivity index (χ4v) is 4.66. The fraction of sp³-hybridized carbons (Fsp3) is 0.300. The van der Waals surface area contributed by atoms with Crippen LogP contribution < -0.4 is 16.2 Å². The molecule has 0 atom stereocenters. The Labute approximate surface area is 165 Å². The summed E-state index contributed by atoms with van der Waals surface area (Å²) in [6, 6.07) is 8.80. The van der Waals surface area contributed by atoms with Crippen molar-refractivity contribution in [2.75, 3.05) is 0 Å². The molecule has 3 amide bonds. The van der Waals surface area contributed by atoms with E-state index in [9.17, 15) is 14.4 Å². The highest BCUT2D eigenvalue weighted by Gasteiger charge is 2.20. The van der Waals surface area contributed by atoms with Gasteiger partial charge in [-0.15, -0.1) is 11.3 Å². The van der Waals surface area contributed by atoms with E-state index in [1.807, 2.05) is 30.3 Å². The number of carbonyl (C=O) groups is 2. The number of carbonyl (C=O) groups excluding carboxylic acids is 2. The zero-order chi connectivity index (χ0) is 19.5. The number of urea groups is 1. The molecule has 0 saturated heterocycles. The van der Waals surface area contributed by atoms with E-state index in [2.05, 4.69) is 15.6 Å². The van der Waals surface area contributed by atoms with E-state index in [0.717, 1.165) is 41.6 Å². The Morgan fingerprint density at radius 1 is 1.14 bits per heavy atom.